The van der Waals surface area contributed by atoms with Gasteiger partial charge in [0.1, 0.15) is 0 Å². The first-order chi connectivity index (χ1) is 8.74. The number of nitrogens with zero attached hydrogens (tertiary/aromatic N) is 1. The van der Waals surface area contributed by atoms with Gasteiger partial charge in [0.15, 0.2) is 0 Å². The molecule has 94 valence electrons. The van der Waals surface area contributed by atoms with Crippen LogP contribution in [0.15, 0.2) is 48.8 Å². The number of aromatic nitrogens is 1. The number of aryl methyl sites for hydroxylation is 1. The second-order valence-electron chi connectivity index (χ2n) is 4.49. The van der Waals surface area contributed by atoms with Crippen LogP contribution in [0.2, 0.25) is 0 Å². The van der Waals surface area contributed by atoms with E-state index in [-0.39, 0.29) is 6.04 Å². The van der Waals surface area contributed by atoms with Crippen LogP contribution in [-0.2, 0) is 12.8 Å². The molecule has 0 bridgehead atoms. The fraction of sp³-hybridized carbons (Fsp3) is 0.267. The highest BCUT2D eigenvalue weighted by molar-refractivity contribution is 14.1. The van der Waals surface area contributed by atoms with E-state index in [1.165, 1.54) is 14.7 Å². The van der Waals surface area contributed by atoms with E-state index >= 15 is 0 Å². The molecule has 0 saturated carbocycles. The highest BCUT2D eigenvalue weighted by atomic mass is 127. The summed E-state index contributed by atoms with van der Waals surface area (Å²) in [5.74, 6) is 0. The molecule has 2 N–H and O–H groups in total. The third-order valence-electron chi connectivity index (χ3n) is 2.94. The molecule has 0 aliphatic heterocycles. The minimum Gasteiger partial charge on any atom is -0.327 e. The molecule has 0 fully saturated rings. The largest absolute Gasteiger partial charge is 0.327 e. The Bertz CT molecular complexity index is 468. The van der Waals surface area contributed by atoms with Crippen molar-refractivity contribution in [1.82, 2.24) is 4.98 Å². The van der Waals surface area contributed by atoms with Crippen LogP contribution in [0.1, 0.15) is 17.5 Å². The van der Waals surface area contributed by atoms with E-state index in [9.17, 15) is 0 Å². The molecule has 1 aromatic carbocycles. The molecule has 0 amide bonds. The van der Waals surface area contributed by atoms with E-state index in [0.29, 0.717) is 0 Å². The lowest BCUT2D eigenvalue weighted by Gasteiger charge is -2.11. The highest BCUT2D eigenvalue weighted by Gasteiger charge is 2.04. The van der Waals surface area contributed by atoms with Crippen molar-refractivity contribution in [2.24, 2.45) is 5.73 Å². The van der Waals surface area contributed by atoms with Crippen LogP contribution in [0.25, 0.3) is 0 Å². The van der Waals surface area contributed by atoms with Crippen LogP contribution in [0.4, 0.5) is 0 Å². The van der Waals surface area contributed by atoms with Crippen molar-refractivity contribution in [2.45, 2.75) is 25.3 Å². The van der Waals surface area contributed by atoms with Crippen molar-refractivity contribution in [3.63, 3.8) is 0 Å². The third kappa shape index (κ3) is 4.38. The van der Waals surface area contributed by atoms with Gasteiger partial charge in [-0.2, -0.15) is 0 Å². The molecular weight excluding hydrogens is 335 g/mol. The number of pyridine rings is 1. The van der Waals surface area contributed by atoms with E-state index in [2.05, 4.69) is 57.9 Å². The van der Waals surface area contributed by atoms with Gasteiger partial charge in [-0.05, 0) is 71.2 Å². The van der Waals surface area contributed by atoms with Gasteiger partial charge in [-0.3, -0.25) is 4.98 Å². The van der Waals surface area contributed by atoms with Crippen molar-refractivity contribution in [3.05, 3.63) is 63.5 Å². The quantitative estimate of drug-likeness (QED) is 0.840. The predicted octanol–water partition coefficient (Wildman–Crippen LogP) is 3.19. The normalized spacial score (nSPS) is 12.3. The lowest BCUT2D eigenvalue weighted by molar-refractivity contribution is 0.610. The van der Waals surface area contributed by atoms with Crippen LogP contribution >= 0.6 is 22.6 Å². The number of hydrogen-bond acceptors (Lipinski definition) is 2. The Labute approximate surface area is 122 Å². The van der Waals surface area contributed by atoms with Crippen molar-refractivity contribution in [2.75, 3.05) is 0 Å². The maximum Gasteiger partial charge on any atom is 0.0299 e. The second kappa shape index (κ2) is 6.85. The molecule has 2 nitrogen and oxygen atoms in total. The van der Waals surface area contributed by atoms with Crippen molar-refractivity contribution in [3.8, 4) is 0 Å². The Morgan fingerprint density at radius 2 is 1.89 bits per heavy atom. The van der Waals surface area contributed by atoms with Gasteiger partial charge in [-0.1, -0.05) is 18.2 Å². The summed E-state index contributed by atoms with van der Waals surface area (Å²) in [6, 6.07) is 12.9. The summed E-state index contributed by atoms with van der Waals surface area (Å²) in [5.41, 5.74) is 8.74. The molecule has 2 aromatic rings. The highest BCUT2D eigenvalue weighted by Crippen LogP contribution is 2.10. The smallest absolute Gasteiger partial charge is 0.0299 e. The molecule has 1 unspecified atom stereocenters. The monoisotopic (exact) mass is 352 g/mol. The van der Waals surface area contributed by atoms with E-state index in [1.807, 2.05) is 12.3 Å². The Morgan fingerprint density at radius 1 is 1.11 bits per heavy atom. The Balaban J connectivity index is 1.82. The van der Waals surface area contributed by atoms with Crippen LogP contribution in [0, 0.1) is 3.57 Å². The molecule has 2 rings (SSSR count). The standard InChI is InChI=1S/C15H17IN2/c16-14-6-3-12(4-7-14)10-15(17)8-5-13-2-1-9-18-11-13/h1-4,6-7,9,11,15H,5,8,10,17H2. The summed E-state index contributed by atoms with van der Waals surface area (Å²) in [4.78, 5) is 4.11. The summed E-state index contributed by atoms with van der Waals surface area (Å²) in [7, 11) is 0. The molecule has 1 atom stereocenters. The van der Waals surface area contributed by atoms with Crippen LogP contribution in [-0.4, -0.2) is 11.0 Å². The van der Waals surface area contributed by atoms with E-state index in [4.69, 9.17) is 5.73 Å². The zero-order valence-corrected chi connectivity index (χ0v) is 12.4. The second-order valence-corrected chi connectivity index (χ2v) is 5.74. The molecular formula is C15H17IN2. The predicted molar refractivity (Wildman–Crippen MR) is 83.4 cm³/mol. The summed E-state index contributed by atoms with van der Waals surface area (Å²) in [5, 5.41) is 0. The third-order valence-corrected chi connectivity index (χ3v) is 3.66. The fourth-order valence-electron chi connectivity index (χ4n) is 1.92. The average Bonchev–Trinajstić information content (AvgIpc) is 2.40. The number of nitrogens with two attached hydrogens (primary N) is 1. The Morgan fingerprint density at radius 3 is 2.56 bits per heavy atom. The van der Waals surface area contributed by atoms with Gasteiger partial charge in [-0.15, -0.1) is 0 Å². The number of halogens is 1. The SMILES string of the molecule is NC(CCc1cccnc1)Cc1ccc(I)cc1. The molecule has 0 radical (unpaired) electrons. The number of hydrogen-bond donors (Lipinski definition) is 1. The summed E-state index contributed by atoms with van der Waals surface area (Å²) in [6.45, 7) is 0. The molecule has 1 heterocycles. The Kier molecular flexibility index (Phi) is 5.13. The first kappa shape index (κ1) is 13.5. The van der Waals surface area contributed by atoms with E-state index < -0.39 is 0 Å². The molecule has 0 spiro atoms. The van der Waals surface area contributed by atoms with Gasteiger partial charge in [0.2, 0.25) is 0 Å². The summed E-state index contributed by atoms with van der Waals surface area (Å²) >= 11 is 2.32. The topological polar surface area (TPSA) is 38.9 Å². The average molecular weight is 352 g/mol. The minimum absolute atomic E-state index is 0.213. The fourth-order valence-corrected chi connectivity index (χ4v) is 2.28. The molecule has 18 heavy (non-hydrogen) atoms. The van der Waals surface area contributed by atoms with E-state index in [0.717, 1.165) is 19.3 Å². The minimum atomic E-state index is 0.213. The summed E-state index contributed by atoms with van der Waals surface area (Å²) < 4.78 is 1.26. The van der Waals surface area contributed by atoms with Crippen molar-refractivity contribution < 1.29 is 0 Å². The number of rotatable bonds is 5. The molecule has 0 aliphatic carbocycles. The summed E-state index contributed by atoms with van der Waals surface area (Å²) in [6.07, 6.45) is 6.65. The van der Waals surface area contributed by atoms with Crippen molar-refractivity contribution in [1.29, 1.82) is 0 Å². The van der Waals surface area contributed by atoms with Gasteiger partial charge in [0.05, 0.1) is 0 Å². The lowest BCUT2D eigenvalue weighted by Crippen LogP contribution is -2.23. The van der Waals surface area contributed by atoms with Crippen LogP contribution < -0.4 is 5.73 Å². The van der Waals surface area contributed by atoms with Crippen LogP contribution in [0.3, 0.4) is 0 Å². The zero-order chi connectivity index (χ0) is 12.8. The molecule has 0 saturated heterocycles. The zero-order valence-electron chi connectivity index (χ0n) is 10.2. The van der Waals surface area contributed by atoms with Gasteiger partial charge in [0.25, 0.3) is 0 Å². The first-order valence-corrected chi connectivity index (χ1v) is 7.21. The molecule has 0 aliphatic rings. The first-order valence-electron chi connectivity index (χ1n) is 6.13. The lowest BCUT2D eigenvalue weighted by atomic mass is 10.0. The van der Waals surface area contributed by atoms with Crippen LogP contribution in [0.5, 0.6) is 0 Å². The molecule has 3 heteroatoms. The van der Waals surface area contributed by atoms with Crippen molar-refractivity contribution >= 4 is 22.6 Å². The number of benzene rings is 1. The maximum atomic E-state index is 6.17. The van der Waals surface area contributed by atoms with Gasteiger partial charge < -0.3 is 5.73 Å². The van der Waals surface area contributed by atoms with Gasteiger partial charge in [0, 0.05) is 22.0 Å². The van der Waals surface area contributed by atoms with E-state index in [1.54, 1.807) is 6.20 Å². The van der Waals surface area contributed by atoms with Gasteiger partial charge >= 0.3 is 0 Å². The Hall–Kier alpha value is -0.940. The van der Waals surface area contributed by atoms with Gasteiger partial charge in [-0.25, -0.2) is 0 Å². The molecule has 1 aromatic heterocycles. The maximum absolute atomic E-state index is 6.17.